The van der Waals surface area contributed by atoms with E-state index in [1.165, 1.54) is 13.3 Å². The number of Topliss-reactive ketones (excluding diaryl/α,β-unsaturated/α-hetero) is 1. The van der Waals surface area contributed by atoms with Gasteiger partial charge in [0, 0.05) is 42.2 Å². The third kappa shape index (κ3) is 12.2. The highest BCUT2D eigenvalue weighted by atomic mass is 16.5. The number of morpholine rings is 1. The number of nitrogens with one attached hydrogen (secondary N) is 1. The fourth-order valence-electron chi connectivity index (χ4n) is 5.18. The fourth-order valence-corrected chi connectivity index (χ4v) is 5.18. The lowest BCUT2D eigenvalue weighted by atomic mass is 9.95. The van der Waals surface area contributed by atoms with Gasteiger partial charge in [0.05, 0.1) is 51.2 Å². The van der Waals surface area contributed by atoms with Crippen molar-refractivity contribution in [2.75, 3.05) is 47.2 Å². The van der Waals surface area contributed by atoms with Gasteiger partial charge in [-0.15, -0.1) is 0 Å². The highest BCUT2D eigenvalue weighted by molar-refractivity contribution is 5.96. The minimum Gasteiger partial charge on any atom is -0.481 e. The van der Waals surface area contributed by atoms with Crippen LogP contribution in [0, 0.1) is 0 Å². The van der Waals surface area contributed by atoms with Gasteiger partial charge in [-0.2, -0.15) is 0 Å². The van der Waals surface area contributed by atoms with Crippen molar-refractivity contribution >= 4 is 17.9 Å². The smallest absolute Gasteiger partial charge is 0.405 e. The van der Waals surface area contributed by atoms with Crippen molar-refractivity contribution in [3.8, 4) is 11.8 Å². The van der Waals surface area contributed by atoms with E-state index in [9.17, 15) is 14.4 Å². The number of ketones is 1. The predicted molar refractivity (Wildman–Crippen MR) is 183 cm³/mol. The molecular weight excluding hydrogens is 618 g/mol. The summed E-state index contributed by atoms with van der Waals surface area (Å²) < 4.78 is 21.2. The van der Waals surface area contributed by atoms with Gasteiger partial charge < -0.3 is 39.2 Å². The molecule has 268 valence electrons. The Balaban J connectivity index is 0.000000353. The number of amides is 3. The normalized spacial score (nSPS) is 15.9. The average molecular weight is 674 g/mol. The van der Waals surface area contributed by atoms with E-state index >= 15 is 0 Å². The highest BCUT2D eigenvalue weighted by Gasteiger charge is 2.44. The van der Waals surface area contributed by atoms with Crippen LogP contribution in [0.15, 0.2) is 36.7 Å². The summed E-state index contributed by atoms with van der Waals surface area (Å²) in [4.78, 5) is 48.4. The Morgan fingerprint density at radius 3 is 2.15 bits per heavy atom. The molecule has 3 amide bonds. The molecule has 2 aromatic heterocycles. The molecule has 13 nitrogen and oxygen atoms in total. The van der Waals surface area contributed by atoms with Crippen LogP contribution in [-0.2, 0) is 9.47 Å². The number of aromatic nitrogens is 2. The van der Waals surface area contributed by atoms with Crippen LogP contribution in [-0.4, -0.2) is 107 Å². The fraction of sp³-hybridized carbons (Fsp3) is 0.629. The molecule has 1 saturated heterocycles. The van der Waals surface area contributed by atoms with Gasteiger partial charge in [-0.25, -0.2) is 19.6 Å². The van der Waals surface area contributed by atoms with E-state index in [0.717, 1.165) is 31.4 Å². The molecule has 0 aromatic carbocycles. The van der Waals surface area contributed by atoms with Gasteiger partial charge in [-0.05, 0) is 72.6 Å². The van der Waals surface area contributed by atoms with Crippen molar-refractivity contribution in [3.63, 3.8) is 0 Å². The van der Waals surface area contributed by atoms with Crippen LogP contribution in [0.3, 0.4) is 0 Å². The van der Waals surface area contributed by atoms with Gasteiger partial charge in [-0.3, -0.25) is 4.79 Å². The molecule has 0 bridgehead atoms. The van der Waals surface area contributed by atoms with Crippen LogP contribution < -0.4 is 14.8 Å². The number of hydrogen-bond donors (Lipinski definition) is 2. The molecule has 3 heterocycles. The SMILES string of the molecule is CCCCCN(C(=O)N1C(c2ccc(OC)nc2)COCC1(C)C)C(C)(C)C.COc1ccc(C(=O)COCC(C)(C)NC(=O)O)cn1. The molecule has 0 aliphatic carbocycles. The maximum atomic E-state index is 13.8. The van der Waals surface area contributed by atoms with E-state index in [4.69, 9.17) is 24.1 Å². The number of unbranched alkanes of at least 4 members (excludes halogenated alkanes) is 2. The van der Waals surface area contributed by atoms with Crippen LogP contribution in [0.1, 0.15) is 96.6 Å². The maximum Gasteiger partial charge on any atom is 0.405 e. The molecule has 1 atom stereocenters. The van der Waals surface area contributed by atoms with Gasteiger partial charge in [-0.1, -0.05) is 19.8 Å². The number of hydrogen-bond acceptors (Lipinski definition) is 9. The van der Waals surface area contributed by atoms with Crippen LogP contribution in [0.2, 0.25) is 0 Å². The number of methoxy groups -OCH3 is 2. The standard InChI is InChI=1S/C22H37N3O3.C13H18N2O5/c1-8-9-10-13-24(21(2,3)4)20(26)25-18(15-28-16-22(25,5)6)17-11-12-19(27-7)23-14-17;1-13(2,15-12(17)18)8-20-7-10(16)9-4-5-11(19-3)14-6-9/h11-12,14,18H,8-10,13,15-16H2,1-7H3;4-6,15H,7-8H2,1-3H3,(H,17,18). The maximum absolute atomic E-state index is 13.8. The summed E-state index contributed by atoms with van der Waals surface area (Å²) >= 11 is 0. The molecular formula is C35H55N5O8. The van der Waals surface area contributed by atoms with Gasteiger partial charge in [0.15, 0.2) is 5.78 Å². The van der Waals surface area contributed by atoms with Crippen molar-refractivity contribution in [3.05, 3.63) is 47.8 Å². The number of carbonyl (C=O) groups excluding carboxylic acids is 2. The van der Waals surface area contributed by atoms with E-state index in [1.54, 1.807) is 39.3 Å². The zero-order valence-electron chi connectivity index (χ0n) is 30.3. The Kier molecular flexibility index (Phi) is 15.1. The first-order chi connectivity index (χ1) is 22.5. The number of carbonyl (C=O) groups is 3. The molecule has 2 N–H and O–H groups in total. The van der Waals surface area contributed by atoms with Gasteiger partial charge in [0.25, 0.3) is 0 Å². The Morgan fingerprint density at radius 1 is 1.02 bits per heavy atom. The van der Waals surface area contributed by atoms with Crippen LogP contribution >= 0.6 is 0 Å². The van der Waals surface area contributed by atoms with Crippen LogP contribution in [0.5, 0.6) is 11.8 Å². The number of rotatable bonds is 13. The second-order valence-electron chi connectivity index (χ2n) is 14.0. The van der Waals surface area contributed by atoms with E-state index in [0.29, 0.717) is 30.5 Å². The summed E-state index contributed by atoms with van der Waals surface area (Å²) in [5.74, 6) is 0.758. The first kappa shape index (κ1) is 40.2. The van der Waals surface area contributed by atoms with E-state index in [-0.39, 0.29) is 36.6 Å². The molecule has 0 spiro atoms. The van der Waals surface area contributed by atoms with E-state index in [1.807, 2.05) is 21.9 Å². The molecule has 1 aliphatic heterocycles. The van der Waals surface area contributed by atoms with Crippen molar-refractivity contribution in [1.82, 2.24) is 25.1 Å². The molecule has 1 unspecified atom stereocenters. The molecule has 2 aromatic rings. The second-order valence-corrected chi connectivity index (χ2v) is 14.0. The lowest BCUT2D eigenvalue weighted by molar-refractivity contribution is -0.0762. The average Bonchev–Trinajstić information content (AvgIpc) is 3.01. The molecule has 0 radical (unpaired) electrons. The first-order valence-electron chi connectivity index (χ1n) is 16.3. The Morgan fingerprint density at radius 2 is 1.65 bits per heavy atom. The minimum absolute atomic E-state index is 0.0673. The number of pyridine rings is 2. The van der Waals surface area contributed by atoms with Crippen molar-refractivity contribution < 1.29 is 38.4 Å². The molecule has 3 rings (SSSR count). The number of urea groups is 1. The summed E-state index contributed by atoms with van der Waals surface area (Å²) in [7, 11) is 3.09. The molecule has 48 heavy (non-hydrogen) atoms. The number of ether oxygens (including phenoxy) is 4. The quantitative estimate of drug-likeness (QED) is 0.192. The lowest BCUT2D eigenvalue weighted by Gasteiger charge is -2.51. The largest absolute Gasteiger partial charge is 0.481 e. The predicted octanol–water partition coefficient (Wildman–Crippen LogP) is 5.99. The van der Waals surface area contributed by atoms with Crippen molar-refractivity contribution in [2.45, 2.75) is 97.3 Å². The lowest BCUT2D eigenvalue weighted by Crippen LogP contribution is -2.62. The minimum atomic E-state index is -1.13. The number of nitrogens with zero attached hydrogens (tertiary/aromatic N) is 4. The van der Waals surface area contributed by atoms with Gasteiger partial charge in [0.2, 0.25) is 11.8 Å². The van der Waals surface area contributed by atoms with Crippen molar-refractivity contribution in [2.24, 2.45) is 0 Å². The Hall–Kier alpha value is -3.97. The zero-order valence-corrected chi connectivity index (χ0v) is 30.3. The molecule has 1 aliphatic rings. The summed E-state index contributed by atoms with van der Waals surface area (Å²) in [5.41, 5.74) is -0.0421. The Labute approximate surface area is 285 Å². The van der Waals surface area contributed by atoms with Gasteiger partial charge >= 0.3 is 12.1 Å². The summed E-state index contributed by atoms with van der Waals surface area (Å²) in [6.07, 6.45) is 5.33. The van der Waals surface area contributed by atoms with Crippen LogP contribution in [0.4, 0.5) is 9.59 Å². The van der Waals surface area contributed by atoms with E-state index in [2.05, 4.69) is 56.8 Å². The third-order valence-corrected chi connectivity index (χ3v) is 7.69. The summed E-state index contributed by atoms with van der Waals surface area (Å²) in [6.45, 7) is 17.7. The zero-order chi connectivity index (χ0) is 36.1. The number of carboxylic acid groups (broad SMARTS) is 1. The van der Waals surface area contributed by atoms with Gasteiger partial charge in [0.1, 0.15) is 6.61 Å². The van der Waals surface area contributed by atoms with Crippen LogP contribution in [0.25, 0.3) is 0 Å². The third-order valence-electron chi connectivity index (χ3n) is 7.69. The highest BCUT2D eigenvalue weighted by Crippen LogP contribution is 2.36. The van der Waals surface area contributed by atoms with Crippen molar-refractivity contribution in [1.29, 1.82) is 0 Å². The summed E-state index contributed by atoms with van der Waals surface area (Å²) in [6, 6.07) is 6.88. The monoisotopic (exact) mass is 673 g/mol. The molecule has 13 heteroatoms. The first-order valence-corrected chi connectivity index (χ1v) is 16.3. The Bertz CT molecular complexity index is 1310. The topological polar surface area (TPSA) is 153 Å². The second kappa shape index (κ2) is 18.0. The van der Waals surface area contributed by atoms with E-state index < -0.39 is 17.2 Å². The molecule has 0 saturated carbocycles. The summed E-state index contributed by atoms with van der Waals surface area (Å²) in [5, 5.41) is 10.9. The molecule has 1 fully saturated rings.